The van der Waals surface area contributed by atoms with Gasteiger partial charge in [-0.3, -0.25) is 9.69 Å². The summed E-state index contributed by atoms with van der Waals surface area (Å²) in [7, 11) is 0. The summed E-state index contributed by atoms with van der Waals surface area (Å²) in [4.78, 5) is 17.4. The molecule has 0 aliphatic carbocycles. The van der Waals surface area contributed by atoms with E-state index in [1.807, 2.05) is 0 Å². The van der Waals surface area contributed by atoms with E-state index in [2.05, 4.69) is 9.88 Å². The molecule has 0 saturated heterocycles. The van der Waals surface area contributed by atoms with E-state index < -0.39 is 11.8 Å². The third kappa shape index (κ3) is 5.41. The number of aliphatic carboxylic acids is 1. The highest BCUT2D eigenvalue weighted by Gasteiger charge is 2.23. The molecule has 0 saturated carbocycles. The van der Waals surface area contributed by atoms with Crippen LogP contribution in [0.15, 0.2) is 40.8 Å². The third-order valence-corrected chi connectivity index (χ3v) is 5.97. The van der Waals surface area contributed by atoms with Crippen LogP contribution in [-0.2, 0) is 24.4 Å². The molecule has 0 amide bonds. The Morgan fingerprint density at radius 1 is 1.22 bits per heavy atom. The van der Waals surface area contributed by atoms with Gasteiger partial charge in [-0.05, 0) is 48.9 Å². The molecule has 1 N–H and O–H groups in total. The fourth-order valence-electron chi connectivity index (χ4n) is 3.56. The molecule has 3 aromatic rings. The first-order valence-corrected chi connectivity index (χ1v) is 10.9. The molecule has 1 aliphatic rings. The van der Waals surface area contributed by atoms with Gasteiger partial charge in [0.15, 0.2) is 11.6 Å². The zero-order valence-corrected chi connectivity index (χ0v) is 18.6. The van der Waals surface area contributed by atoms with Gasteiger partial charge >= 0.3 is 5.97 Å². The molecule has 0 unspecified atom stereocenters. The Labute approximate surface area is 194 Å². The zero-order chi connectivity index (χ0) is 22.7. The molecular weight excluding hydrogens is 458 g/mol. The largest absolute Gasteiger partial charge is 0.486 e. The van der Waals surface area contributed by atoms with Gasteiger partial charge in [0, 0.05) is 31.5 Å². The Kier molecular flexibility index (Phi) is 6.98. The highest BCUT2D eigenvalue weighted by Crippen LogP contribution is 2.30. The quantitative estimate of drug-likeness (QED) is 0.454. The minimum atomic E-state index is -0.794. The van der Waals surface area contributed by atoms with Gasteiger partial charge in [-0.25, -0.2) is 9.37 Å². The fraction of sp³-hybridized carbons (Fsp3) is 0.304. The standard InChI is InChI=1S/C23H21Cl2FN2O4/c24-16-5-3-14(10-17(16)25)13-31-20-6-4-15(11-18(20)26)23-27-19-12-28(8-1-2-22(29)30)9-7-21(19)32-23/h3-6,10-11H,1-2,7-9,12-13H2,(H,29,30). The van der Waals surface area contributed by atoms with Crippen molar-refractivity contribution in [1.82, 2.24) is 9.88 Å². The highest BCUT2D eigenvalue weighted by atomic mass is 35.5. The third-order valence-electron chi connectivity index (χ3n) is 5.23. The SMILES string of the molecule is O=C(O)CCCN1CCc2oc(-c3ccc(OCc4ccc(Cl)c(Cl)c4)c(F)c3)nc2C1. The van der Waals surface area contributed by atoms with Crippen molar-refractivity contribution in [3.63, 3.8) is 0 Å². The second-order valence-corrected chi connectivity index (χ2v) is 8.41. The van der Waals surface area contributed by atoms with E-state index in [1.54, 1.807) is 30.3 Å². The zero-order valence-electron chi connectivity index (χ0n) is 17.1. The molecule has 2 heterocycles. The van der Waals surface area contributed by atoms with Gasteiger partial charge in [-0.2, -0.15) is 0 Å². The van der Waals surface area contributed by atoms with Crippen LogP contribution in [0.25, 0.3) is 11.5 Å². The highest BCUT2D eigenvalue weighted by molar-refractivity contribution is 6.42. The number of hydrogen-bond donors (Lipinski definition) is 1. The molecular formula is C23H21Cl2FN2O4. The lowest BCUT2D eigenvalue weighted by Crippen LogP contribution is -2.31. The first kappa shape index (κ1) is 22.6. The van der Waals surface area contributed by atoms with Crippen LogP contribution < -0.4 is 4.74 Å². The monoisotopic (exact) mass is 478 g/mol. The molecule has 0 bridgehead atoms. The van der Waals surface area contributed by atoms with Crippen molar-refractivity contribution < 1.29 is 23.4 Å². The Hall–Kier alpha value is -2.61. The maximum absolute atomic E-state index is 14.6. The molecule has 4 rings (SSSR count). The normalized spacial score (nSPS) is 13.7. The van der Waals surface area contributed by atoms with Gasteiger partial charge in [0.25, 0.3) is 0 Å². The number of halogens is 3. The summed E-state index contributed by atoms with van der Waals surface area (Å²) in [6.07, 6.45) is 1.42. The summed E-state index contributed by atoms with van der Waals surface area (Å²) in [5.41, 5.74) is 2.11. The van der Waals surface area contributed by atoms with Crippen LogP contribution in [-0.4, -0.2) is 34.0 Å². The van der Waals surface area contributed by atoms with Gasteiger partial charge in [-0.1, -0.05) is 29.3 Å². The van der Waals surface area contributed by atoms with E-state index >= 15 is 0 Å². The number of carbonyl (C=O) groups is 1. The van der Waals surface area contributed by atoms with Crippen molar-refractivity contribution >= 4 is 29.2 Å². The van der Waals surface area contributed by atoms with Crippen LogP contribution in [0.5, 0.6) is 5.75 Å². The number of nitrogens with zero attached hydrogens (tertiary/aromatic N) is 2. The smallest absolute Gasteiger partial charge is 0.303 e. The van der Waals surface area contributed by atoms with Crippen LogP contribution in [0, 0.1) is 5.82 Å². The fourth-order valence-corrected chi connectivity index (χ4v) is 3.88. The summed E-state index contributed by atoms with van der Waals surface area (Å²) in [6.45, 7) is 2.20. The predicted octanol–water partition coefficient (Wildman–Crippen LogP) is 5.59. The van der Waals surface area contributed by atoms with Crippen molar-refractivity contribution in [3.05, 3.63) is 69.3 Å². The summed E-state index contributed by atoms with van der Waals surface area (Å²) in [5, 5.41) is 9.65. The van der Waals surface area contributed by atoms with E-state index in [0.717, 1.165) is 23.6 Å². The Bertz CT molecular complexity index is 1140. The number of hydrogen-bond acceptors (Lipinski definition) is 5. The van der Waals surface area contributed by atoms with Crippen LogP contribution in [0.3, 0.4) is 0 Å². The lowest BCUT2D eigenvalue weighted by atomic mass is 10.1. The molecule has 9 heteroatoms. The van der Waals surface area contributed by atoms with Gasteiger partial charge in [0.2, 0.25) is 5.89 Å². The average Bonchev–Trinajstić information content (AvgIpc) is 3.18. The molecule has 0 atom stereocenters. The minimum absolute atomic E-state index is 0.112. The van der Waals surface area contributed by atoms with Crippen LogP contribution in [0.4, 0.5) is 4.39 Å². The first-order chi connectivity index (χ1) is 15.4. The molecule has 32 heavy (non-hydrogen) atoms. The first-order valence-electron chi connectivity index (χ1n) is 10.2. The van der Waals surface area contributed by atoms with Crippen LogP contribution in [0.1, 0.15) is 29.9 Å². The molecule has 2 aromatic carbocycles. The predicted molar refractivity (Wildman–Crippen MR) is 119 cm³/mol. The van der Waals surface area contributed by atoms with Crippen molar-refractivity contribution in [2.75, 3.05) is 13.1 Å². The van der Waals surface area contributed by atoms with E-state index in [4.69, 9.17) is 37.5 Å². The second kappa shape index (κ2) is 9.90. The molecule has 1 aliphatic heterocycles. The molecule has 168 valence electrons. The van der Waals surface area contributed by atoms with Crippen molar-refractivity contribution in [2.24, 2.45) is 0 Å². The number of carboxylic acid groups (broad SMARTS) is 1. The number of benzene rings is 2. The summed E-state index contributed by atoms with van der Waals surface area (Å²) >= 11 is 11.9. The average molecular weight is 479 g/mol. The lowest BCUT2D eigenvalue weighted by molar-refractivity contribution is -0.137. The van der Waals surface area contributed by atoms with Gasteiger partial charge in [0.05, 0.1) is 15.7 Å². The number of carboxylic acids is 1. The lowest BCUT2D eigenvalue weighted by Gasteiger charge is -2.24. The van der Waals surface area contributed by atoms with Crippen molar-refractivity contribution in [2.45, 2.75) is 32.4 Å². The molecule has 0 radical (unpaired) electrons. The molecule has 6 nitrogen and oxygen atoms in total. The molecule has 0 fully saturated rings. The second-order valence-electron chi connectivity index (χ2n) is 7.59. The van der Waals surface area contributed by atoms with Gasteiger partial charge in [0.1, 0.15) is 12.4 Å². The Morgan fingerprint density at radius 3 is 2.81 bits per heavy atom. The minimum Gasteiger partial charge on any atom is -0.486 e. The maximum Gasteiger partial charge on any atom is 0.303 e. The Morgan fingerprint density at radius 2 is 2.06 bits per heavy atom. The summed E-state index contributed by atoms with van der Waals surface area (Å²) in [5.74, 6) is -0.0558. The van der Waals surface area contributed by atoms with Crippen LogP contribution in [0.2, 0.25) is 10.0 Å². The van der Waals surface area contributed by atoms with Crippen molar-refractivity contribution in [3.8, 4) is 17.2 Å². The number of fused-ring (bicyclic) bond motifs is 1. The number of aromatic nitrogens is 1. The molecule has 1 aromatic heterocycles. The number of ether oxygens (including phenoxy) is 1. The number of rotatable bonds is 8. The van der Waals surface area contributed by atoms with E-state index in [9.17, 15) is 9.18 Å². The summed E-state index contributed by atoms with van der Waals surface area (Å²) < 4.78 is 26.1. The van der Waals surface area contributed by atoms with Crippen LogP contribution >= 0.6 is 23.2 Å². The topological polar surface area (TPSA) is 75.8 Å². The van der Waals surface area contributed by atoms with E-state index in [-0.39, 0.29) is 18.8 Å². The van der Waals surface area contributed by atoms with E-state index in [0.29, 0.717) is 47.4 Å². The van der Waals surface area contributed by atoms with Crippen molar-refractivity contribution in [1.29, 1.82) is 0 Å². The number of oxazole rings is 1. The molecule has 0 spiro atoms. The Balaban J connectivity index is 1.40. The van der Waals surface area contributed by atoms with Gasteiger partial charge in [-0.15, -0.1) is 0 Å². The van der Waals surface area contributed by atoms with Gasteiger partial charge < -0.3 is 14.3 Å². The summed E-state index contributed by atoms with van der Waals surface area (Å²) in [6, 6.07) is 9.70. The maximum atomic E-state index is 14.6. The van der Waals surface area contributed by atoms with E-state index in [1.165, 1.54) is 6.07 Å².